The quantitative estimate of drug-likeness (QED) is 0.535. The summed E-state index contributed by atoms with van der Waals surface area (Å²) in [6, 6.07) is 10.7. The second-order valence-electron chi connectivity index (χ2n) is 5.25. The molecule has 1 amide bonds. The fraction of sp³-hybridized carbons (Fsp3) is 0.111. The highest BCUT2D eigenvalue weighted by atomic mass is 35.5. The van der Waals surface area contributed by atoms with Gasteiger partial charge in [-0.3, -0.25) is 4.79 Å². The van der Waals surface area contributed by atoms with E-state index in [0.717, 1.165) is 5.56 Å². The van der Waals surface area contributed by atoms with Crippen LogP contribution >= 0.6 is 47.2 Å². The molecular weight excluding hydrogens is 413 g/mol. The zero-order valence-corrected chi connectivity index (χ0v) is 16.7. The predicted molar refractivity (Wildman–Crippen MR) is 110 cm³/mol. The van der Waals surface area contributed by atoms with Crippen molar-refractivity contribution in [1.82, 2.24) is 5.32 Å². The Kier molecular flexibility index (Phi) is 6.09. The highest BCUT2D eigenvalue weighted by Gasteiger charge is 2.22. The van der Waals surface area contributed by atoms with Crippen molar-refractivity contribution < 1.29 is 14.3 Å². The van der Waals surface area contributed by atoms with Crippen molar-refractivity contribution in [2.75, 3.05) is 7.11 Å². The zero-order chi connectivity index (χ0) is 18.7. The van der Waals surface area contributed by atoms with Crippen LogP contribution in [0.1, 0.15) is 11.1 Å². The third-order valence-electron chi connectivity index (χ3n) is 3.56. The molecule has 4 nitrogen and oxygen atoms in total. The Labute approximate surface area is 170 Å². The molecule has 1 N–H and O–H groups in total. The number of methoxy groups -OCH3 is 1. The predicted octanol–water partition coefficient (Wildman–Crippen LogP) is 5.07. The van der Waals surface area contributed by atoms with Gasteiger partial charge in [0, 0.05) is 15.6 Å². The molecule has 1 fully saturated rings. The van der Waals surface area contributed by atoms with Crippen LogP contribution in [0.3, 0.4) is 0 Å². The van der Waals surface area contributed by atoms with E-state index in [1.54, 1.807) is 43.5 Å². The molecule has 3 rings (SSSR count). The minimum atomic E-state index is -0.201. The lowest BCUT2D eigenvalue weighted by atomic mass is 10.2. The lowest BCUT2D eigenvalue weighted by Gasteiger charge is -2.13. The van der Waals surface area contributed by atoms with E-state index in [-0.39, 0.29) is 12.5 Å². The van der Waals surface area contributed by atoms with Crippen molar-refractivity contribution in [2.45, 2.75) is 6.61 Å². The Morgan fingerprint density at radius 1 is 1.19 bits per heavy atom. The molecular formula is C18H13Cl2NO3S2. The van der Waals surface area contributed by atoms with Gasteiger partial charge in [0.05, 0.1) is 12.0 Å². The van der Waals surface area contributed by atoms with Crippen LogP contribution < -0.4 is 14.8 Å². The molecule has 8 heteroatoms. The van der Waals surface area contributed by atoms with E-state index < -0.39 is 0 Å². The number of ether oxygens (including phenoxy) is 2. The number of nitrogens with one attached hydrogen (secondary N) is 1. The monoisotopic (exact) mass is 425 g/mol. The number of rotatable bonds is 5. The van der Waals surface area contributed by atoms with Gasteiger partial charge in [0.25, 0.3) is 5.91 Å². The molecule has 1 aliphatic heterocycles. The maximum atomic E-state index is 11.8. The average molecular weight is 426 g/mol. The van der Waals surface area contributed by atoms with Gasteiger partial charge in [-0.25, -0.2) is 0 Å². The van der Waals surface area contributed by atoms with Crippen LogP contribution in [0.4, 0.5) is 0 Å². The Morgan fingerprint density at radius 2 is 1.92 bits per heavy atom. The Balaban J connectivity index is 1.80. The third-order valence-corrected chi connectivity index (χ3v) is 5.43. The van der Waals surface area contributed by atoms with Crippen molar-refractivity contribution in [1.29, 1.82) is 0 Å². The van der Waals surface area contributed by atoms with E-state index in [1.165, 1.54) is 11.8 Å². The van der Waals surface area contributed by atoms with E-state index >= 15 is 0 Å². The fourth-order valence-electron chi connectivity index (χ4n) is 2.29. The van der Waals surface area contributed by atoms with Gasteiger partial charge in [-0.2, -0.15) is 0 Å². The average Bonchev–Trinajstić information content (AvgIpc) is 2.92. The van der Waals surface area contributed by atoms with Crippen molar-refractivity contribution >= 4 is 63.5 Å². The topological polar surface area (TPSA) is 47.6 Å². The lowest BCUT2D eigenvalue weighted by Crippen LogP contribution is -2.17. The Bertz CT molecular complexity index is 895. The molecule has 1 saturated heterocycles. The molecule has 2 aromatic carbocycles. The molecule has 0 radical (unpaired) electrons. The van der Waals surface area contributed by atoms with Gasteiger partial charge in [0.15, 0.2) is 11.5 Å². The van der Waals surface area contributed by atoms with E-state index in [0.29, 0.717) is 36.3 Å². The molecule has 0 bridgehead atoms. The SMILES string of the molecule is COc1cc(/C=C2\SC(=S)NC2=O)ccc1OCc1c(Cl)cccc1Cl. The third kappa shape index (κ3) is 4.32. The van der Waals surface area contributed by atoms with Crippen molar-refractivity contribution in [3.8, 4) is 11.5 Å². The van der Waals surface area contributed by atoms with Crippen LogP contribution in [0.5, 0.6) is 11.5 Å². The molecule has 0 spiro atoms. The Hall–Kier alpha value is -1.73. The molecule has 0 aliphatic carbocycles. The molecule has 1 aliphatic rings. The van der Waals surface area contributed by atoms with Gasteiger partial charge in [-0.05, 0) is 35.9 Å². The second-order valence-corrected chi connectivity index (χ2v) is 7.78. The number of carbonyl (C=O) groups excluding carboxylic acids is 1. The van der Waals surface area contributed by atoms with Gasteiger partial charge in [0.1, 0.15) is 10.9 Å². The summed E-state index contributed by atoms with van der Waals surface area (Å²) in [6.45, 7) is 0.210. The number of thiocarbonyl (C=S) groups is 1. The number of halogens is 2. The minimum absolute atomic E-state index is 0.201. The molecule has 0 saturated carbocycles. The van der Waals surface area contributed by atoms with Gasteiger partial charge in [-0.1, -0.05) is 59.3 Å². The summed E-state index contributed by atoms with van der Waals surface area (Å²) in [4.78, 5) is 12.3. The zero-order valence-electron chi connectivity index (χ0n) is 13.5. The summed E-state index contributed by atoms with van der Waals surface area (Å²) in [5, 5.41) is 3.66. The summed E-state index contributed by atoms with van der Waals surface area (Å²) in [6.07, 6.45) is 1.75. The summed E-state index contributed by atoms with van der Waals surface area (Å²) in [5.41, 5.74) is 1.50. The van der Waals surface area contributed by atoms with Crippen LogP contribution in [0.25, 0.3) is 6.08 Å². The molecule has 0 aromatic heterocycles. The molecule has 26 heavy (non-hydrogen) atoms. The van der Waals surface area contributed by atoms with E-state index in [9.17, 15) is 4.79 Å². The van der Waals surface area contributed by atoms with Crippen LogP contribution in [0.15, 0.2) is 41.3 Å². The van der Waals surface area contributed by atoms with Crippen molar-refractivity contribution in [2.24, 2.45) is 0 Å². The van der Waals surface area contributed by atoms with Crippen LogP contribution in [0.2, 0.25) is 10.0 Å². The highest BCUT2D eigenvalue weighted by Crippen LogP contribution is 2.33. The highest BCUT2D eigenvalue weighted by molar-refractivity contribution is 8.26. The maximum absolute atomic E-state index is 11.8. The van der Waals surface area contributed by atoms with Crippen molar-refractivity contribution in [3.05, 3.63) is 62.5 Å². The number of carbonyl (C=O) groups is 1. The smallest absolute Gasteiger partial charge is 0.263 e. The first-order valence-corrected chi connectivity index (χ1v) is 9.44. The standard InChI is InChI=1S/C18H13Cl2NO3S2/c1-23-15-7-10(8-16-17(22)21-18(25)26-16)5-6-14(15)24-9-11-12(19)3-2-4-13(11)20/h2-8H,9H2,1H3,(H,21,22,25)/b16-8-. The number of hydrogen-bond donors (Lipinski definition) is 1. The van der Waals surface area contributed by atoms with Gasteiger partial charge in [0.2, 0.25) is 0 Å². The maximum Gasteiger partial charge on any atom is 0.263 e. The second kappa shape index (κ2) is 8.31. The summed E-state index contributed by atoms with van der Waals surface area (Å²) < 4.78 is 11.7. The summed E-state index contributed by atoms with van der Waals surface area (Å²) >= 11 is 18.5. The molecule has 2 aromatic rings. The number of amides is 1. The van der Waals surface area contributed by atoms with Crippen LogP contribution in [-0.2, 0) is 11.4 Å². The first-order chi connectivity index (χ1) is 12.5. The van der Waals surface area contributed by atoms with Crippen molar-refractivity contribution in [3.63, 3.8) is 0 Å². The molecule has 0 unspecified atom stereocenters. The summed E-state index contributed by atoms with van der Waals surface area (Å²) in [7, 11) is 1.55. The number of thioether (sulfide) groups is 1. The molecule has 134 valence electrons. The van der Waals surface area contributed by atoms with Gasteiger partial charge >= 0.3 is 0 Å². The number of hydrogen-bond acceptors (Lipinski definition) is 5. The van der Waals surface area contributed by atoms with Crippen LogP contribution in [-0.4, -0.2) is 17.3 Å². The fourth-order valence-corrected chi connectivity index (χ4v) is 3.84. The van der Waals surface area contributed by atoms with E-state index in [1.807, 2.05) is 6.07 Å². The van der Waals surface area contributed by atoms with Gasteiger partial charge < -0.3 is 14.8 Å². The lowest BCUT2D eigenvalue weighted by molar-refractivity contribution is -0.115. The largest absolute Gasteiger partial charge is 0.493 e. The van der Waals surface area contributed by atoms with E-state index in [2.05, 4.69) is 5.32 Å². The number of benzene rings is 2. The van der Waals surface area contributed by atoms with E-state index in [4.69, 9.17) is 44.9 Å². The van der Waals surface area contributed by atoms with Gasteiger partial charge in [-0.15, -0.1) is 0 Å². The molecule has 1 heterocycles. The minimum Gasteiger partial charge on any atom is -0.493 e. The van der Waals surface area contributed by atoms with Crippen LogP contribution in [0, 0.1) is 0 Å². The molecule has 0 atom stereocenters. The Morgan fingerprint density at radius 3 is 2.54 bits per heavy atom. The first-order valence-electron chi connectivity index (χ1n) is 7.46. The normalized spacial score (nSPS) is 15.3. The first kappa shape index (κ1) is 19.0. The summed E-state index contributed by atoms with van der Waals surface area (Å²) in [5.74, 6) is 0.880.